The molecule has 2 atom stereocenters. The van der Waals surface area contributed by atoms with Crippen molar-refractivity contribution in [1.82, 2.24) is 0 Å². The molecule has 1 aliphatic heterocycles. The lowest BCUT2D eigenvalue weighted by Gasteiger charge is -2.29. The fraction of sp³-hybridized carbons (Fsp3) is 0.455. The summed E-state index contributed by atoms with van der Waals surface area (Å²) in [6.07, 6.45) is 0.927. The van der Waals surface area contributed by atoms with Gasteiger partial charge in [0.2, 0.25) is 0 Å². The van der Waals surface area contributed by atoms with Crippen LogP contribution in [0, 0.1) is 0 Å². The van der Waals surface area contributed by atoms with Crippen molar-refractivity contribution in [3.8, 4) is 0 Å². The number of rotatable bonds is 1. The zero-order valence-electron chi connectivity index (χ0n) is 7.99. The van der Waals surface area contributed by atoms with Gasteiger partial charge in [0.15, 0.2) is 6.29 Å². The lowest BCUT2D eigenvalue weighted by Crippen LogP contribution is -2.26. The fourth-order valence-corrected chi connectivity index (χ4v) is 1.78. The van der Waals surface area contributed by atoms with Gasteiger partial charge in [-0.3, -0.25) is 0 Å². The summed E-state index contributed by atoms with van der Waals surface area (Å²) in [5.41, 5.74) is 2.63. The van der Waals surface area contributed by atoms with Crippen LogP contribution in [-0.4, -0.2) is 13.4 Å². The van der Waals surface area contributed by atoms with Gasteiger partial charge >= 0.3 is 0 Å². The second-order valence-electron chi connectivity index (χ2n) is 3.35. The van der Waals surface area contributed by atoms with Crippen molar-refractivity contribution in [2.75, 3.05) is 7.11 Å². The van der Waals surface area contributed by atoms with Gasteiger partial charge in [-0.25, -0.2) is 0 Å². The van der Waals surface area contributed by atoms with Gasteiger partial charge < -0.3 is 9.47 Å². The van der Waals surface area contributed by atoms with Crippen molar-refractivity contribution in [3.63, 3.8) is 0 Å². The molecule has 0 amide bonds. The first-order chi connectivity index (χ1) is 6.31. The first-order valence-electron chi connectivity index (χ1n) is 4.57. The Kier molecular flexibility index (Phi) is 2.34. The molecule has 0 spiro atoms. The Morgan fingerprint density at radius 2 is 2.15 bits per heavy atom. The highest BCUT2D eigenvalue weighted by molar-refractivity contribution is 5.30. The maximum atomic E-state index is 5.64. The Labute approximate surface area is 78.5 Å². The summed E-state index contributed by atoms with van der Waals surface area (Å²) in [5.74, 6) is 0. The van der Waals surface area contributed by atoms with Crippen molar-refractivity contribution < 1.29 is 9.47 Å². The zero-order valence-corrected chi connectivity index (χ0v) is 7.99. The Hall–Kier alpha value is -0.860. The molecule has 0 bridgehead atoms. The average molecular weight is 178 g/mol. The van der Waals surface area contributed by atoms with Crippen LogP contribution in [0.25, 0.3) is 0 Å². The van der Waals surface area contributed by atoms with Crippen LogP contribution in [0.4, 0.5) is 0 Å². The molecular weight excluding hydrogens is 164 g/mol. The van der Waals surface area contributed by atoms with Crippen molar-refractivity contribution in [3.05, 3.63) is 35.4 Å². The van der Waals surface area contributed by atoms with Crippen molar-refractivity contribution in [1.29, 1.82) is 0 Å². The summed E-state index contributed by atoms with van der Waals surface area (Å²) in [6.45, 7) is 2.06. The second-order valence-corrected chi connectivity index (χ2v) is 3.35. The maximum absolute atomic E-state index is 5.64. The van der Waals surface area contributed by atoms with E-state index >= 15 is 0 Å². The van der Waals surface area contributed by atoms with E-state index in [1.807, 2.05) is 6.07 Å². The molecule has 0 fully saturated rings. The minimum absolute atomic E-state index is 0.0788. The highest BCUT2D eigenvalue weighted by Crippen LogP contribution is 2.29. The quantitative estimate of drug-likeness (QED) is 0.657. The molecule has 1 aliphatic rings. The standard InChI is InChI=1S/C11H14O2/c1-8-10-6-4-3-5-9(10)7-11(12-2)13-8/h3-6,8,11H,7H2,1-2H3. The first kappa shape index (κ1) is 8.73. The Balaban J connectivity index is 2.31. The van der Waals surface area contributed by atoms with E-state index in [-0.39, 0.29) is 12.4 Å². The topological polar surface area (TPSA) is 18.5 Å². The molecule has 2 unspecified atom stereocenters. The van der Waals surface area contributed by atoms with Crippen LogP contribution in [0.1, 0.15) is 24.2 Å². The molecule has 0 aromatic heterocycles. The van der Waals surface area contributed by atoms with E-state index < -0.39 is 0 Å². The summed E-state index contributed by atoms with van der Waals surface area (Å²) in [4.78, 5) is 0. The van der Waals surface area contributed by atoms with Crippen LogP contribution >= 0.6 is 0 Å². The molecule has 0 radical (unpaired) electrons. The molecule has 2 nitrogen and oxygen atoms in total. The van der Waals surface area contributed by atoms with Crippen molar-refractivity contribution in [2.24, 2.45) is 0 Å². The van der Waals surface area contributed by atoms with E-state index in [4.69, 9.17) is 9.47 Å². The van der Waals surface area contributed by atoms with Crippen molar-refractivity contribution in [2.45, 2.75) is 25.7 Å². The number of hydrogen-bond donors (Lipinski definition) is 0. The summed E-state index contributed by atoms with van der Waals surface area (Å²) in [7, 11) is 1.69. The number of fused-ring (bicyclic) bond motifs is 1. The molecule has 2 rings (SSSR count). The van der Waals surface area contributed by atoms with Gasteiger partial charge in [-0.15, -0.1) is 0 Å². The Morgan fingerprint density at radius 1 is 1.38 bits per heavy atom. The van der Waals surface area contributed by atoms with Gasteiger partial charge in [0, 0.05) is 13.5 Å². The van der Waals surface area contributed by atoms with Crippen LogP contribution in [0.2, 0.25) is 0 Å². The Morgan fingerprint density at radius 3 is 2.92 bits per heavy atom. The molecular formula is C11H14O2. The second kappa shape index (κ2) is 3.48. The first-order valence-corrected chi connectivity index (χ1v) is 4.57. The molecule has 0 aliphatic carbocycles. The van der Waals surface area contributed by atoms with Gasteiger partial charge in [-0.05, 0) is 18.1 Å². The molecule has 2 heteroatoms. The minimum atomic E-state index is -0.0788. The predicted molar refractivity (Wildman–Crippen MR) is 50.4 cm³/mol. The predicted octanol–water partition coefficient (Wildman–Crippen LogP) is 2.29. The summed E-state index contributed by atoms with van der Waals surface area (Å²) in [5, 5.41) is 0. The number of methoxy groups -OCH3 is 1. The van der Waals surface area contributed by atoms with Crippen LogP contribution in [-0.2, 0) is 15.9 Å². The third-order valence-corrected chi connectivity index (χ3v) is 2.50. The molecule has 70 valence electrons. The highest BCUT2D eigenvalue weighted by Gasteiger charge is 2.23. The highest BCUT2D eigenvalue weighted by atomic mass is 16.7. The monoisotopic (exact) mass is 178 g/mol. The smallest absolute Gasteiger partial charge is 0.162 e. The summed E-state index contributed by atoms with van der Waals surface area (Å²) >= 11 is 0. The minimum Gasteiger partial charge on any atom is -0.356 e. The maximum Gasteiger partial charge on any atom is 0.162 e. The summed E-state index contributed by atoms with van der Waals surface area (Å²) < 4.78 is 10.8. The van der Waals surface area contributed by atoms with E-state index in [2.05, 4.69) is 25.1 Å². The van der Waals surface area contributed by atoms with E-state index in [1.165, 1.54) is 11.1 Å². The van der Waals surface area contributed by atoms with Gasteiger partial charge in [-0.2, -0.15) is 0 Å². The molecule has 13 heavy (non-hydrogen) atoms. The van der Waals surface area contributed by atoms with E-state index in [0.717, 1.165) is 6.42 Å². The van der Waals surface area contributed by atoms with Crippen LogP contribution < -0.4 is 0 Å². The van der Waals surface area contributed by atoms with Gasteiger partial charge in [0.1, 0.15) is 0 Å². The number of benzene rings is 1. The normalized spacial score (nSPS) is 26.9. The largest absolute Gasteiger partial charge is 0.356 e. The third-order valence-electron chi connectivity index (χ3n) is 2.50. The third kappa shape index (κ3) is 1.60. The number of hydrogen-bond acceptors (Lipinski definition) is 2. The molecule has 1 heterocycles. The molecule has 0 saturated heterocycles. The van der Waals surface area contributed by atoms with E-state index in [0.29, 0.717) is 0 Å². The SMILES string of the molecule is COC1Cc2ccccc2C(C)O1. The van der Waals surface area contributed by atoms with Crippen LogP contribution in [0.3, 0.4) is 0 Å². The van der Waals surface area contributed by atoms with E-state index in [9.17, 15) is 0 Å². The number of ether oxygens (including phenoxy) is 2. The van der Waals surface area contributed by atoms with Crippen LogP contribution in [0.15, 0.2) is 24.3 Å². The fourth-order valence-electron chi connectivity index (χ4n) is 1.78. The lowest BCUT2D eigenvalue weighted by atomic mass is 9.98. The van der Waals surface area contributed by atoms with Gasteiger partial charge in [0.05, 0.1) is 6.10 Å². The van der Waals surface area contributed by atoms with Crippen LogP contribution in [0.5, 0.6) is 0 Å². The molecule has 1 aromatic rings. The average Bonchev–Trinajstić information content (AvgIpc) is 2.18. The molecule has 1 aromatic carbocycles. The summed E-state index contributed by atoms with van der Waals surface area (Å²) in [6, 6.07) is 8.36. The van der Waals surface area contributed by atoms with E-state index in [1.54, 1.807) is 7.11 Å². The Bertz CT molecular complexity index is 296. The van der Waals surface area contributed by atoms with Gasteiger partial charge in [0.25, 0.3) is 0 Å². The van der Waals surface area contributed by atoms with Gasteiger partial charge in [-0.1, -0.05) is 24.3 Å². The zero-order chi connectivity index (χ0) is 9.26. The molecule has 0 N–H and O–H groups in total. The lowest BCUT2D eigenvalue weighted by molar-refractivity contribution is -0.159. The van der Waals surface area contributed by atoms with Crippen molar-refractivity contribution >= 4 is 0 Å². The molecule has 0 saturated carbocycles.